The summed E-state index contributed by atoms with van der Waals surface area (Å²) in [6.07, 6.45) is 1.77. The maximum Gasteiger partial charge on any atom is 0.231 e. The van der Waals surface area contributed by atoms with Crippen LogP contribution in [0.1, 0.15) is 16.7 Å². The summed E-state index contributed by atoms with van der Waals surface area (Å²) in [5.41, 5.74) is 5.95. The smallest absolute Gasteiger partial charge is 0.231 e. The van der Waals surface area contributed by atoms with Gasteiger partial charge in [0.1, 0.15) is 5.82 Å². The number of rotatable bonds is 4. The van der Waals surface area contributed by atoms with Crippen LogP contribution >= 0.6 is 11.6 Å². The van der Waals surface area contributed by atoms with Crippen LogP contribution in [-0.4, -0.2) is 19.7 Å². The van der Waals surface area contributed by atoms with Gasteiger partial charge in [0.25, 0.3) is 0 Å². The molecule has 0 spiro atoms. The Bertz CT molecular complexity index is 1180. The molecule has 0 aliphatic rings. The van der Waals surface area contributed by atoms with Crippen molar-refractivity contribution in [2.75, 3.05) is 10.6 Å². The zero-order chi connectivity index (χ0) is 19.8. The number of aryl methyl sites for hydroxylation is 4. The quantitative estimate of drug-likeness (QED) is 0.484. The molecule has 0 bridgehead atoms. The number of nitrogens with one attached hydrogen (secondary N) is 2. The van der Waals surface area contributed by atoms with Crippen LogP contribution in [-0.2, 0) is 7.05 Å². The molecule has 0 saturated carbocycles. The van der Waals surface area contributed by atoms with E-state index in [1.165, 1.54) is 5.56 Å². The van der Waals surface area contributed by atoms with Gasteiger partial charge >= 0.3 is 0 Å². The van der Waals surface area contributed by atoms with Crippen LogP contribution in [0.3, 0.4) is 0 Å². The molecular weight excluding hydrogens is 372 g/mol. The van der Waals surface area contributed by atoms with Crippen LogP contribution < -0.4 is 10.6 Å². The molecule has 0 amide bonds. The topological polar surface area (TPSA) is 67.7 Å². The lowest BCUT2D eigenvalue weighted by Gasteiger charge is -2.13. The first-order valence-electron chi connectivity index (χ1n) is 8.98. The van der Waals surface area contributed by atoms with Gasteiger partial charge in [-0.3, -0.25) is 4.68 Å². The fraction of sp³-hybridized carbons (Fsp3) is 0.190. The van der Waals surface area contributed by atoms with Crippen LogP contribution in [0.2, 0.25) is 5.02 Å². The van der Waals surface area contributed by atoms with Crippen molar-refractivity contribution in [3.8, 4) is 0 Å². The van der Waals surface area contributed by atoms with Gasteiger partial charge in [-0.2, -0.15) is 15.1 Å². The fourth-order valence-electron chi connectivity index (χ4n) is 3.05. The van der Waals surface area contributed by atoms with E-state index in [1.54, 1.807) is 10.9 Å². The summed E-state index contributed by atoms with van der Waals surface area (Å²) in [6.45, 7) is 6.12. The van der Waals surface area contributed by atoms with Crippen LogP contribution in [0.4, 0.5) is 23.1 Å². The van der Waals surface area contributed by atoms with Crippen molar-refractivity contribution in [1.82, 2.24) is 19.7 Å². The van der Waals surface area contributed by atoms with Gasteiger partial charge in [-0.15, -0.1) is 0 Å². The van der Waals surface area contributed by atoms with Gasteiger partial charge in [-0.25, -0.2) is 0 Å². The van der Waals surface area contributed by atoms with Gasteiger partial charge in [0.2, 0.25) is 5.95 Å². The zero-order valence-electron chi connectivity index (χ0n) is 16.2. The molecule has 2 N–H and O–H groups in total. The van der Waals surface area contributed by atoms with E-state index in [0.29, 0.717) is 16.8 Å². The Labute approximate surface area is 168 Å². The molecule has 0 saturated heterocycles. The maximum atomic E-state index is 6.24. The van der Waals surface area contributed by atoms with Crippen molar-refractivity contribution >= 4 is 45.8 Å². The molecule has 0 fully saturated rings. The molecule has 2 aromatic carbocycles. The second-order valence-corrected chi connectivity index (χ2v) is 7.34. The Morgan fingerprint density at radius 3 is 2.50 bits per heavy atom. The standard InChI is InChI=1S/C21H21ClN6/c1-12-5-8-18(14(3)9-12)25-19-16-11-23-28(4)20(16)27-21(26-19)24-15-7-6-13(2)17(22)10-15/h5-11H,1-4H3,(H2,24,25,26,27). The molecule has 28 heavy (non-hydrogen) atoms. The number of fused-ring (bicyclic) bond motifs is 1. The van der Waals surface area contributed by atoms with Crippen LogP contribution in [0.5, 0.6) is 0 Å². The summed E-state index contributed by atoms with van der Waals surface area (Å²) in [7, 11) is 1.86. The molecule has 0 unspecified atom stereocenters. The highest BCUT2D eigenvalue weighted by atomic mass is 35.5. The third-order valence-electron chi connectivity index (χ3n) is 4.66. The van der Waals surface area contributed by atoms with E-state index < -0.39 is 0 Å². The van der Waals surface area contributed by atoms with Crippen molar-refractivity contribution in [1.29, 1.82) is 0 Å². The summed E-state index contributed by atoms with van der Waals surface area (Å²) in [6, 6.07) is 12.0. The highest BCUT2D eigenvalue weighted by Gasteiger charge is 2.13. The van der Waals surface area contributed by atoms with E-state index in [4.69, 9.17) is 16.6 Å². The fourth-order valence-corrected chi connectivity index (χ4v) is 3.23. The second kappa shape index (κ2) is 7.13. The van der Waals surface area contributed by atoms with Crippen LogP contribution in [0, 0.1) is 20.8 Å². The molecule has 0 radical (unpaired) electrons. The first-order valence-corrected chi connectivity index (χ1v) is 9.36. The van der Waals surface area contributed by atoms with Gasteiger partial charge in [-0.1, -0.05) is 35.4 Å². The predicted molar refractivity (Wildman–Crippen MR) is 115 cm³/mol. The van der Waals surface area contributed by atoms with Crippen molar-refractivity contribution in [3.63, 3.8) is 0 Å². The molecule has 0 aliphatic carbocycles. The van der Waals surface area contributed by atoms with Crippen molar-refractivity contribution in [3.05, 3.63) is 64.3 Å². The minimum Gasteiger partial charge on any atom is -0.339 e. The number of halogens is 1. The Hall–Kier alpha value is -3.12. The highest BCUT2D eigenvalue weighted by molar-refractivity contribution is 6.31. The maximum absolute atomic E-state index is 6.24. The van der Waals surface area contributed by atoms with Crippen molar-refractivity contribution in [2.24, 2.45) is 7.05 Å². The van der Waals surface area contributed by atoms with Gasteiger partial charge < -0.3 is 10.6 Å². The first-order chi connectivity index (χ1) is 13.4. The first kappa shape index (κ1) is 18.3. The number of benzene rings is 2. The van der Waals surface area contributed by atoms with Gasteiger partial charge in [0.15, 0.2) is 5.65 Å². The Morgan fingerprint density at radius 1 is 0.929 bits per heavy atom. The second-order valence-electron chi connectivity index (χ2n) is 6.93. The summed E-state index contributed by atoms with van der Waals surface area (Å²) < 4.78 is 1.73. The van der Waals surface area contributed by atoms with E-state index >= 15 is 0 Å². The van der Waals surface area contributed by atoms with Crippen LogP contribution in [0.15, 0.2) is 42.6 Å². The number of nitrogens with zero attached hydrogens (tertiary/aromatic N) is 4. The minimum absolute atomic E-state index is 0.475. The Morgan fingerprint density at radius 2 is 1.75 bits per heavy atom. The van der Waals surface area contributed by atoms with E-state index in [2.05, 4.69) is 52.8 Å². The third-order valence-corrected chi connectivity index (χ3v) is 5.06. The summed E-state index contributed by atoms with van der Waals surface area (Å²) in [5, 5.41) is 12.6. The molecular formula is C21H21ClN6. The lowest BCUT2D eigenvalue weighted by atomic mass is 10.1. The Balaban J connectivity index is 1.76. The van der Waals surface area contributed by atoms with Gasteiger partial charge in [-0.05, 0) is 50.1 Å². The van der Waals surface area contributed by atoms with Crippen molar-refractivity contribution < 1.29 is 0 Å². The lowest BCUT2D eigenvalue weighted by molar-refractivity contribution is 0.786. The summed E-state index contributed by atoms with van der Waals surface area (Å²) >= 11 is 6.24. The average molecular weight is 393 g/mol. The van der Waals surface area contributed by atoms with E-state index in [0.717, 1.165) is 33.5 Å². The number of hydrogen-bond donors (Lipinski definition) is 2. The molecule has 142 valence electrons. The highest BCUT2D eigenvalue weighted by Crippen LogP contribution is 2.28. The summed E-state index contributed by atoms with van der Waals surface area (Å²) in [4.78, 5) is 9.31. The van der Waals surface area contributed by atoms with Crippen LogP contribution in [0.25, 0.3) is 11.0 Å². The van der Waals surface area contributed by atoms with Crippen molar-refractivity contribution in [2.45, 2.75) is 20.8 Å². The molecule has 0 atom stereocenters. The van der Waals surface area contributed by atoms with E-state index in [9.17, 15) is 0 Å². The molecule has 2 heterocycles. The average Bonchev–Trinajstić information content (AvgIpc) is 3.02. The minimum atomic E-state index is 0.475. The van der Waals surface area contributed by atoms with Gasteiger partial charge in [0, 0.05) is 23.4 Å². The Kier molecular flexibility index (Phi) is 4.65. The largest absolute Gasteiger partial charge is 0.339 e. The molecule has 2 aromatic heterocycles. The number of anilines is 4. The molecule has 0 aliphatic heterocycles. The predicted octanol–water partition coefficient (Wildman–Crippen LogP) is 5.43. The van der Waals surface area contributed by atoms with E-state index in [-0.39, 0.29) is 0 Å². The van der Waals surface area contributed by atoms with Gasteiger partial charge in [0.05, 0.1) is 11.6 Å². The molecule has 4 rings (SSSR count). The summed E-state index contributed by atoms with van der Waals surface area (Å²) in [5.74, 6) is 1.18. The molecule has 7 heteroatoms. The zero-order valence-corrected chi connectivity index (χ0v) is 17.0. The van der Waals surface area contributed by atoms with E-state index in [1.807, 2.05) is 32.2 Å². The monoisotopic (exact) mass is 392 g/mol. The third kappa shape index (κ3) is 3.51. The molecule has 4 aromatic rings. The SMILES string of the molecule is Cc1ccc(Nc2nc(Nc3ccc(C)c(Cl)c3)nc3c2cnn3C)c(C)c1. The normalized spacial score (nSPS) is 11.0. The lowest BCUT2D eigenvalue weighted by Crippen LogP contribution is -2.04. The number of aromatic nitrogens is 4. The number of hydrogen-bond acceptors (Lipinski definition) is 5. The molecule has 6 nitrogen and oxygen atoms in total.